The molecule has 0 spiro atoms. The predicted molar refractivity (Wildman–Crippen MR) is 129 cm³/mol. The molecule has 1 saturated heterocycles. The molecule has 0 amide bonds. The van der Waals surface area contributed by atoms with Gasteiger partial charge in [0.2, 0.25) is 23.2 Å². The molecule has 200 valence electrons. The minimum atomic E-state index is -1.71. The maximum absolute atomic E-state index is 13.7. The second kappa shape index (κ2) is 10.3. The topological polar surface area (TPSA) is 167 Å². The van der Waals surface area contributed by atoms with Crippen molar-refractivity contribution in [2.75, 3.05) is 28.4 Å². The lowest BCUT2D eigenvalue weighted by atomic mass is 10.00. The van der Waals surface area contributed by atoms with Gasteiger partial charge in [-0.25, -0.2) is 0 Å². The van der Waals surface area contributed by atoms with Crippen LogP contribution in [0.25, 0.3) is 22.3 Å². The molecule has 3 aromatic rings. The van der Waals surface area contributed by atoms with Crippen LogP contribution in [0.15, 0.2) is 33.5 Å². The van der Waals surface area contributed by atoms with Gasteiger partial charge in [0.15, 0.2) is 17.3 Å². The summed E-state index contributed by atoms with van der Waals surface area (Å²) in [5.74, 6) is 0.0134. The Bertz CT molecular complexity index is 1320. The van der Waals surface area contributed by atoms with Gasteiger partial charge in [0.25, 0.3) is 0 Å². The van der Waals surface area contributed by atoms with Crippen molar-refractivity contribution in [3.63, 3.8) is 0 Å². The van der Waals surface area contributed by atoms with Crippen molar-refractivity contribution in [3.05, 3.63) is 34.5 Å². The van der Waals surface area contributed by atoms with Gasteiger partial charge >= 0.3 is 0 Å². The number of phenols is 1. The van der Waals surface area contributed by atoms with Crippen LogP contribution in [-0.2, 0) is 4.74 Å². The van der Waals surface area contributed by atoms with E-state index in [4.69, 9.17) is 32.8 Å². The Morgan fingerprint density at radius 3 is 2.03 bits per heavy atom. The monoisotopic (exact) mass is 520 g/mol. The number of methoxy groups -OCH3 is 4. The van der Waals surface area contributed by atoms with Crippen LogP contribution in [-0.4, -0.2) is 79.6 Å². The third-order valence-electron chi connectivity index (χ3n) is 6.11. The molecule has 2 heterocycles. The van der Waals surface area contributed by atoms with Crippen molar-refractivity contribution in [2.24, 2.45) is 0 Å². The second-order valence-corrected chi connectivity index (χ2v) is 8.32. The first-order chi connectivity index (χ1) is 17.6. The molecule has 0 aliphatic carbocycles. The summed E-state index contributed by atoms with van der Waals surface area (Å²) in [5, 5.41) is 41.1. The molecular weight excluding hydrogens is 492 g/mol. The van der Waals surface area contributed by atoms with E-state index in [9.17, 15) is 25.2 Å². The minimum absolute atomic E-state index is 0.0214. The smallest absolute Gasteiger partial charge is 0.239 e. The molecule has 12 heteroatoms. The minimum Gasteiger partial charge on any atom is -0.507 e. The Morgan fingerprint density at radius 1 is 0.811 bits per heavy atom. The van der Waals surface area contributed by atoms with Gasteiger partial charge < -0.3 is 53.3 Å². The third-order valence-corrected chi connectivity index (χ3v) is 6.11. The Morgan fingerprint density at radius 2 is 1.46 bits per heavy atom. The normalized spacial score (nSPS) is 23.5. The van der Waals surface area contributed by atoms with Gasteiger partial charge in [-0.2, -0.15) is 0 Å². The molecule has 12 nitrogen and oxygen atoms in total. The van der Waals surface area contributed by atoms with Crippen LogP contribution in [0.1, 0.15) is 6.92 Å². The van der Waals surface area contributed by atoms with Crippen LogP contribution in [0.4, 0.5) is 0 Å². The molecule has 5 atom stereocenters. The van der Waals surface area contributed by atoms with E-state index < -0.39 is 47.6 Å². The van der Waals surface area contributed by atoms with E-state index in [1.165, 1.54) is 59.6 Å². The van der Waals surface area contributed by atoms with Gasteiger partial charge in [-0.3, -0.25) is 4.79 Å². The Balaban J connectivity index is 1.98. The number of fused-ring (bicyclic) bond motifs is 1. The summed E-state index contributed by atoms with van der Waals surface area (Å²) in [6.07, 6.45) is -7.19. The van der Waals surface area contributed by atoms with Gasteiger partial charge in [0.05, 0.1) is 34.5 Å². The summed E-state index contributed by atoms with van der Waals surface area (Å²) in [7, 11) is 5.65. The fraction of sp³-hybridized carbons (Fsp3) is 0.400. The largest absolute Gasteiger partial charge is 0.507 e. The van der Waals surface area contributed by atoms with E-state index in [2.05, 4.69) is 0 Å². The quantitative estimate of drug-likeness (QED) is 0.354. The SMILES string of the molecule is COc1cc(O)c2c(=O)c(O[C@@H]3O[C@@H](C)[C@H](O)[C@@H](O)[C@H]3O)c(-c3cc(OC)c(OC)c(OC)c3)oc2c1. The van der Waals surface area contributed by atoms with Crippen LogP contribution < -0.4 is 29.1 Å². The molecular formula is C25H28O12. The fourth-order valence-electron chi connectivity index (χ4n) is 4.11. The van der Waals surface area contributed by atoms with Crippen molar-refractivity contribution in [1.82, 2.24) is 0 Å². The summed E-state index contributed by atoms with van der Waals surface area (Å²) in [6, 6.07) is 5.67. The Labute approximate surface area is 211 Å². The first kappa shape index (κ1) is 26.4. The fourth-order valence-corrected chi connectivity index (χ4v) is 4.11. The molecule has 1 aliphatic heterocycles. The van der Waals surface area contributed by atoms with Gasteiger partial charge in [0, 0.05) is 17.7 Å². The molecule has 1 aliphatic rings. The molecule has 0 radical (unpaired) electrons. The van der Waals surface area contributed by atoms with E-state index in [1.807, 2.05) is 0 Å². The molecule has 4 N–H and O–H groups in total. The van der Waals surface area contributed by atoms with Crippen molar-refractivity contribution in [1.29, 1.82) is 0 Å². The third kappa shape index (κ3) is 4.60. The van der Waals surface area contributed by atoms with Gasteiger partial charge in [-0.05, 0) is 19.1 Å². The zero-order chi connectivity index (χ0) is 27.0. The molecule has 4 rings (SSSR count). The lowest BCUT2D eigenvalue weighted by Crippen LogP contribution is -2.58. The number of hydrogen-bond donors (Lipinski definition) is 4. The summed E-state index contributed by atoms with van der Waals surface area (Å²) in [4.78, 5) is 13.7. The average molecular weight is 520 g/mol. The highest BCUT2D eigenvalue weighted by Crippen LogP contribution is 2.44. The number of phenolic OH excluding ortho intramolecular Hbond substituents is 1. The highest BCUT2D eigenvalue weighted by molar-refractivity contribution is 5.88. The summed E-state index contributed by atoms with van der Waals surface area (Å²) < 4.78 is 38.7. The molecule has 1 aromatic heterocycles. The van der Waals surface area contributed by atoms with Crippen molar-refractivity contribution >= 4 is 11.0 Å². The number of rotatable bonds is 7. The van der Waals surface area contributed by atoms with Crippen molar-refractivity contribution in [2.45, 2.75) is 37.6 Å². The first-order valence-electron chi connectivity index (χ1n) is 11.2. The molecule has 37 heavy (non-hydrogen) atoms. The number of aliphatic hydroxyl groups excluding tert-OH is 3. The van der Waals surface area contributed by atoms with Crippen LogP contribution in [0.5, 0.6) is 34.5 Å². The van der Waals surface area contributed by atoms with Gasteiger partial charge in [0.1, 0.15) is 40.8 Å². The maximum atomic E-state index is 13.7. The highest BCUT2D eigenvalue weighted by atomic mass is 16.7. The lowest BCUT2D eigenvalue weighted by Gasteiger charge is -2.38. The second-order valence-electron chi connectivity index (χ2n) is 8.32. The first-order valence-corrected chi connectivity index (χ1v) is 11.2. The van der Waals surface area contributed by atoms with E-state index in [0.717, 1.165) is 0 Å². The summed E-state index contributed by atoms with van der Waals surface area (Å²) >= 11 is 0. The van der Waals surface area contributed by atoms with Crippen LogP contribution in [0, 0.1) is 0 Å². The Kier molecular flexibility index (Phi) is 7.37. The highest BCUT2D eigenvalue weighted by Gasteiger charge is 2.44. The lowest BCUT2D eigenvalue weighted by molar-refractivity contribution is -0.268. The number of benzene rings is 2. The number of aromatic hydroxyl groups is 1. The molecule has 0 saturated carbocycles. The molecule has 0 bridgehead atoms. The van der Waals surface area contributed by atoms with Crippen molar-refractivity contribution < 1.29 is 53.3 Å². The summed E-state index contributed by atoms with van der Waals surface area (Å²) in [6.45, 7) is 1.47. The van der Waals surface area contributed by atoms with Crippen LogP contribution >= 0.6 is 0 Å². The summed E-state index contributed by atoms with van der Waals surface area (Å²) in [5.41, 5.74) is -0.564. The van der Waals surface area contributed by atoms with Crippen molar-refractivity contribution in [3.8, 4) is 45.8 Å². The van der Waals surface area contributed by atoms with Crippen LogP contribution in [0.2, 0.25) is 0 Å². The number of aliphatic hydroxyl groups is 3. The van der Waals surface area contributed by atoms with E-state index in [1.54, 1.807) is 0 Å². The zero-order valence-corrected chi connectivity index (χ0v) is 20.8. The van der Waals surface area contributed by atoms with E-state index in [0.29, 0.717) is 0 Å². The molecule has 2 aromatic carbocycles. The van der Waals surface area contributed by atoms with Gasteiger partial charge in [-0.1, -0.05) is 0 Å². The number of hydrogen-bond acceptors (Lipinski definition) is 12. The maximum Gasteiger partial charge on any atom is 0.239 e. The zero-order valence-electron chi connectivity index (χ0n) is 20.8. The Hall–Kier alpha value is -3.71. The van der Waals surface area contributed by atoms with Crippen LogP contribution in [0.3, 0.4) is 0 Å². The number of ether oxygens (including phenoxy) is 6. The average Bonchev–Trinajstić information content (AvgIpc) is 2.90. The molecule has 1 fully saturated rings. The van der Waals surface area contributed by atoms with Gasteiger partial charge in [-0.15, -0.1) is 0 Å². The van der Waals surface area contributed by atoms with E-state index >= 15 is 0 Å². The standard InChI is InChI=1S/C25H28O12/c1-10-18(27)20(29)21(30)25(35-10)37-24-19(28)17-13(26)8-12(31-2)9-14(17)36-22(24)11-6-15(32-3)23(34-5)16(7-11)33-4/h6-10,18,20-21,25-27,29-30H,1-5H3/t10-,18-,20+,21+,25-/m0/s1. The molecule has 0 unspecified atom stereocenters. The van der Waals surface area contributed by atoms with E-state index in [-0.39, 0.29) is 45.3 Å². The predicted octanol–water partition coefficient (Wildman–Crippen LogP) is 1.41.